The topological polar surface area (TPSA) is 3.24 Å². The Morgan fingerprint density at radius 2 is 2.12 bits per heavy atom. The molecule has 1 aliphatic heterocycles. The summed E-state index contributed by atoms with van der Waals surface area (Å²) in [6, 6.07) is 8.84. The molecular weight excluding hydrogens is 194 g/mol. The highest BCUT2D eigenvalue weighted by Crippen LogP contribution is 2.32. The number of hydrogen-bond acceptors (Lipinski definition) is 1. The van der Waals surface area contributed by atoms with Crippen molar-refractivity contribution in [1.29, 1.82) is 0 Å². The van der Waals surface area contributed by atoms with Crippen LogP contribution >= 0.6 is 0 Å². The second kappa shape index (κ2) is 4.06. The first-order valence-corrected chi connectivity index (χ1v) is 6.27. The van der Waals surface area contributed by atoms with E-state index < -0.39 is 0 Å². The van der Waals surface area contributed by atoms with Crippen LogP contribution in [0.5, 0.6) is 0 Å². The summed E-state index contributed by atoms with van der Waals surface area (Å²) in [6.45, 7) is 2.51. The Bertz CT molecular complexity index is 408. The number of rotatable bonds is 0. The van der Waals surface area contributed by atoms with Crippen LogP contribution in [0.4, 0.5) is 0 Å². The summed E-state index contributed by atoms with van der Waals surface area (Å²) in [5.41, 5.74) is 2.96. The van der Waals surface area contributed by atoms with Crippen LogP contribution in [-0.4, -0.2) is 25.0 Å². The van der Waals surface area contributed by atoms with Gasteiger partial charge in [-0.05, 0) is 49.4 Å². The second-order valence-electron chi connectivity index (χ2n) is 5.24. The molecule has 0 aromatic heterocycles. The molecule has 1 saturated heterocycles. The minimum atomic E-state index is 0.795. The van der Waals surface area contributed by atoms with E-state index in [4.69, 9.17) is 0 Å². The lowest BCUT2D eigenvalue weighted by Gasteiger charge is -2.34. The highest BCUT2D eigenvalue weighted by Gasteiger charge is 2.27. The van der Waals surface area contributed by atoms with Crippen LogP contribution in [0, 0.1) is 11.8 Å². The van der Waals surface area contributed by atoms with Crippen molar-refractivity contribution in [3.05, 3.63) is 41.5 Å². The second-order valence-corrected chi connectivity index (χ2v) is 5.24. The van der Waals surface area contributed by atoms with Crippen molar-refractivity contribution in [3.63, 3.8) is 0 Å². The highest BCUT2D eigenvalue weighted by atomic mass is 15.1. The molecule has 0 radical (unpaired) electrons. The molecular formula is C15H19N. The van der Waals surface area contributed by atoms with Crippen LogP contribution in [-0.2, 0) is 6.42 Å². The minimum Gasteiger partial charge on any atom is -0.306 e. The Labute approximate surface area is 97.8 Å². The van der Waals surface area contributed by atoms with Crippen molar-refractivity contribution in [3.8, 4) is 0 Å². The Morgan fingerprint density at radius 1 is 1.25 bits per heavy atom. The Hall–Kier alpha value is -1.08. The van der Waals surface area contributed by atoms with E-state index >= 15 is 0 Å². The van der Waals surface area contributed by atoms with Crippen molar-refractivity contribution < 1.29 is 0 Å². The van der Waals surface area contributed by atoms with E-state index in [2.05, 4.69) is 48.4 Å². The van der Waals surface area contributed by atoms with Crippen LogP contribution in [0.2, 0.25) is 0 Å². The number of likely N-dealkylation sites (tertiary alicyclic amines) is 1. The van der Waals surface area contributed by atoms with Gasteiger partial charge in [0.2, 0.25) is 0 Å². The fourth-order valence-corrected chi connectivity index (χ4v) is 3.09. The van der Waals surface area contributed by atoms with E-state index in [1.54, 1.807) is 0 Å². The summed E-state index contributed by atoms with van der Waals surface area (Å²) in [4.78, 5) is 2.48. The van der Waals surface area contributed by atoms with Gasteiger partial charge in [0.25, 0.3) is 0 Å². The first-order valence-electron chi connectivity index (χ1n) is 6.27. The summed E-state index contributed by atoms with van der Waals surface area (Å²) in [7, 11) is 2.25. The van der Waals surface area contributed by atoms with Crippen LogP contribution in [0.1, 0.15) is 17.5 Å². The number of allylic oxidation sites excluding steroid dienone is 1. The summed E-state index contributed by atoms with van der Waals surface area (Å²) < 4.78 is 0. The molecule has 3 rings (SSSR count). The predicted molar refractivity (Wildman–Crippen MR) is 68.3 cm³/mol. The lowest BCUT2D eigenvalue weighted by molar-refractivity contribution is 0.170. The molecule has 1 aromatic rings. The molecule has 0 unspecified atom stereocenters. The number of fused-ring (bicyclic) bond motifs is 2. The largest absolute Gasteiger partial charge is 0.306 e. The summed E-state index contributed by atoms with van der Waals surface area (Å²) in [6.07, 6.45) is 7.36. The van der Waals surface area contributed by atoms with Crippen molar-refractivity contribution in [2.75, 3.05) is 20.1 Å². The zero-order chi connectivity index (χ0) is 11.0. The Kier molecular flexibility index (Phi) is 2.56. The molecule has 0 saturated carbocycles. The van der Waals surface area contributed by atoms with Gasteiger partial charge in [0.1, 0.15) is 0 Å². The molecule has 1 aromatic carbocycles. The highest BCUT2D eigenvalue weighted by molar-refractivity contribution is 5.55. The number of piperidine rings is 1. The third-order valence-electron chi connectivity index (χ3n) is 4.06. The average molecular weight is 213 g/mol. The van der Waals surface area contributed by atoms with E-state index in [-0.39, 0.29) is 0 Å². The normalized spacial score (nSPS) is 29.3. The van der Waals surface area contributed by atoms with Gasteiger partial charge in [-0.3, -0.25) is 0 Å². The lowest BCUT2D eigenvalue weighted by Crippen LogP contribution is -2.38. The molecule has 1 heteroatoms. The van der Waals surface area contributed by atoms with Gasteiger partial charge in [0.15, 0.2) is 0 Å². The van der Waals surface area contributed by atoms with Crippen molar-refractivity contribution in [2.45, 2.75) is 12.8 Å². The molecule has 0 amide bonds. The molecule has 0 spiro atoms. The molecule has 1 heterocycles. The van der Waals surface area contributed by atoms with Gasteiger partial charge in [-0.25, -0.2) is 0 Å². The maximum Gasteiger partial charge on any atom is 0.00154 e. The fraction of sp³-hybridized carbons (Fsp3) is 0.467. The Balaban J connectivity index is 1.92. The van der Waals surface area contributed by atoms with Crippen LogP contribution in [0.3, 0.4) is 0 Å². The molecule has 84 valence electrons. The molecule has 1 fully saturated rings. The smallest absolute Gasteiger partial charge is 0.00154 e. The van der Waals surface area contributed by atoms with Gasteiger partial charge in [-0.2, -0.15) is 0 Å². The van der Waals surface area contributed by atoms with Crippen LogP contribution in [0.25, 0.3) is 6.08 Å². The maximum absolute atomic E-state index is 2.48. The Morgan fingerprint density at radius 3 is 3.06 bits per heavy atom. The SMILES string of the molecule is CN1CC[C@@H]2C=Cc3ccccc3C[C@H]2C1. The number of nitrogens with zero attached hydrogens (tertiary/aromatic N) is 1. The average Bonchev–Trinajstić information content (AvgIpc) is 2.47. The zero-order valence-electron chi connectivity index (χ0n) is 9.89. The molecule has 1 aliphatic carbocycles. The van der Waals surface area contributed by atoms with E-state index in [1.165, 1.54) is 37.1 Å². The zero-order valence-corrected chi connectivity index (χ0v) is 9.89. The molecule has 0 N–H and O–H groups in total. The monoisotopic (exact) mass is 213 g/mol. The fourth-order valence-electron chi connectivity index (χ4n) is 3.09. The first-order chi connectivity index (χ1) is 7.83. The van der Waals surface area contributed by atoms with E-state index in [9.17, 15) is 0 Å². The third-order valence-corrected chi connectivity index (χ3v) is 4.06. The van der Waals surface area contributed by atoms with Crippen molar-refractivity contribution >= 4 is 6.08 Å². The molecule has 2 atom stereocenters. The van der Waals surface area contributed by atoms with Gasteiger partial charge in [0, 0.05) is 6.54 Å². The number of benzene rings is 1. The first kappa shape index (κ1) is 10.1. The summed E-state index contributed by atoms with van der Waals surface area (Å²) >= 11 is 0. The van der Waals surface area contributed by atoms with Gasteiger partial charge in [-0.1, -0.05) is 36.4 Å². The predicted octanol–water partition coefficient (Wildman–Crippen LogP) is 2.82. The van der Waals surface area contributed by atoms with Crippen molar-refractivity contribution in [1.82, 2.24) is 4.90 Å². The van der Waals surface area contributed by atoms with Crippen LogP contribution < -0.4 is 0 Å². The van der Waals surface area contributed by atoms with Crippen molar-refractivity contribution in [2.24, 2.45) is 11.8 Å². The van der Waals surface area contributed by atoms with E-state index in [0.29, 0.717) is 0 Å². The van der Waals surface area contributed by atoms with Gasteiger partial charge >= 0.3 is 0 Å². The van der Waals surface area contributed by atoms with Gasteiger partial charge < -0.3 is 4.90 Å². The summed E-state index contributed by atoms with van der Waals surface area (Å²) in [5, 5.41) is 0. The standard InChI is InChI=1S/C15H19N/c1-16-9-8-13-7-6-12-4-2-3-5-14(12)10-15(13)11-16/h2-7,13,15H,8-11H2,1H3/t13-,15-/m0/s1. The molecule has 2 aliphatic rings. The third kappa shape index (κ3) is 1.80. The van der Waals surface area contributed by atoms with E-state index in [0.717, 1.165) is 11.8 Å². The maximum atomic E-state index is 2.48. The van der Waals surface area contributed by atoms with E-state index in [1.807, 2.05) is 0 Å². The van der Waals surface area contributed by atoms with Gasteiger partial charge in [-0.15, -0.1) is 0 Å². The minimum absolute atomic E-state index is 0.795. The quantitative estimate of drug-likeness (QED) is 0.640. The number of hydrogen-bond donors (Lipinski definition) is 0. The van der Waals surface area contributed by atoms with Crippen LogP contribution in [0.15, 0.2) is 30.3 Å². The molecule has 16 heavy (non-hydrogen) atoms. The lowest BCUT2D eigenvalue weighted by atomic mass is 9.83. The summed E-state index contributed by atoms with van der Waals surface area (Å²) in [5.74, 6) is 1.61. The molecule has 1 nitrogen and oxygen atoms in total. The van der Waals surface area contributed by atoms with Gasteiger partial charge in [0.05, 0.1) is 0 Å². The molecule has 0 bridgehead atoms.